The first-order chi connectivity index (χ1) is 7.79. The molecule has 1 saturated heterocycles. The van der Waals surface area contributed by atoms with Crippen LogP contribution in [-0.4, -0.2) is 52.6 Å². The molecule has 1 aliphatic rings. The molecule has 17 heavy (non-hydrogen) atoms. The Balaban J connectivity index is 2.78. The zero-order valence-corrected chi connectivity index (χ0v) is 11.1. The summed E-state index contributed by atoms with van der Waals surface area (Å²) in [5, 5.41) is 9.24. The Hall–Kier alpha value is -1.26. The monoisotopic (exact) mass is 242 g/mol. The Kier molecular flexibility index (Phi) is 4.01. The van der Waals surface area contributed by atoms with Crippen LogP contribution in [-0.2, 0) is 4.79 Å². The molecule has 0 bridgehead atoms. The lowest BCUT2D eigenvalue weighted by molar-refractivity contribution is -0.147. The van der Waals surface area contributed by atoms with E-state index in [1.54, 1.807) is 18.9 Å². The van der Waals surface area contributed by atoms with Gasteiger partial charge in [-0.15, -0.1) is 0 Å². The predicted molar refractivity (Wildman–Crippen MR) is 64.8 cm³/mol. The maximum Gasteiger partial charge on any atom is 0.329 e. The van der Waals surface area contributed by atoms with Crippen molar-refractivity contribution in [3.63, 3.8) is 0 Å². The molecule has 0 spiro atoms. The van der Waals surface area contributed by atoms with Crippen LogP contribution in [0.3, 0.4) is 0 Å². The van der Waals surface area contributed by atoms with Crippen LogP contribution in [0.15, 0.2) is 0 Å². The molecule has 1 fully saturated rings. The van der Waals surface area contributed by atoms with Gasteiger partial charge in [-0.3, -0.25) is 0 Å². The lowest BCUT2D eigenvalue weighted by Crippen LogP contribution is -2.54. The molecule has 5 heteroatoms. The van der Waals surface area contributed by atoms with E-state index in [1.807, 2.05) is 13.8 Å². The van der Waals surface area contributed by atoms with E-state index in [4.69, 9.17) is 0 Å². The molecule has 0 aliphatic carbocycles. The number of carbonyl (C=O) groups excluding carboxylic acids is 1. The average Bonchev–Trinajstić information content (AvgIpc) is 2.59. The van der Waals surface area contributed by atoms with E-state index < -0.39 is 11.5 Å². The Morgan fingerprint density at radius 3 is 2.53 bits per heavy atom. The van der Waals surface area contributed by atoms with Gasteiger partial charge in [-0.05, 0) is 25.7 Å². The number of carboxylic acid groups (broad SMARTS) is 1. The van der Waals surface area contributed by atoms with Crippen LogP contribution in [0.5, 0.6) is 0 Å². The van der Waals surface area contributed by atoms with E-state index in [9.17, 15) is 14.7 Å². The molecule has 1 N–H and O–H groups in total. The van der Waals surface area contributed by atoms with E-state index in [2.05, 4.69) is 0 Å². The third-order valence-corrected chi connectivity index (χ3v) is 3.30. The molecule has 0 aromatic carbocycles. The summed E-state index contributed by atoms with van der Waals surface area (Å²) in [5.41, 5.74) is -1.04. The van der Waals surface area contributed by atoms with Crippen molar-refractivity contribution in [2.45, 2.75) is 39.2 Å². The van der Waals surface area contributed by atoms with Gasteiger partial charge < -0.3 is 14.9 Å². The minimum Gasteiger partial charge on any atom is -0.480 e. The molecule has 98 valence electrons. The maximum atomic E-state index is 12.2. The van der Waals surface area contributed by atoms with Gasteiger partial charge in [-0.25, -0.2) is 9.59 Å². The summed E-state index contributed by atoms with van der Waals surface area (Å²) in [4.78, 5) is 26.6. The highest BCUT2D eigenvalue weighted by Crippen LogP contribution is 2.30. The van der Waals surface area contributed by atoms with Crippen molar-refractivity contribution in [2.24, 2.45) is 5.92 Å². The van der Waals surface area contributed by atoms with Crippen LogP contribution in [0.4, 0.5) is 4.79 Å². The van der Waals surface area contributed by atoms with Crippen LogP contribution < -0.4 is 0 Å². The number of carboxylic acids is 1. The summed E-state index contributed by atoms with van der Waals surface area (Å²) < 4.78 is 0. The highest BCUT2D eigenvalue weighted by molar-refractivity contribution is 5.86. The Labute approximate surface area is 102 Å². The van der Waals surface area contributed by atoms with E-state index in [1.165, 1.54) is 4.90 Å². The second-order valence-corrected chi connectivity index (χ2v) is 5.39. The lowest BCUT2D eigenvalue weighted by Gasteiger charge is -2.34. The lowest BCUT2D eigenvalue weighted by atomic mass is 10.00. The summed E-state index contributed by atoms with van der Waals surface area (Å²) in [6.07, 6.45) is 1.29. The SMILES string of the molecule is CC(C)CN(C)C(=O)N1CCCC1(C)C(=O)O. The number of carbonyl (C=O) groups is 2. The highest BCUT2D eigenvalue weighted by atomic mass is 16.4. The minimum absolute atomic E-state index is 0.180. The van der Waals surface area contributed by atoms with Crippen molar-refractivity contribution in [3.8, 4) is 0 Å². The zero-order valence-electron chi connectivity index (χ0n) is 11.1. The molecule has 0 aromatic heterocycles. The molecule has 0 radical (unpaired) electrons. The molecule has 1 unspecified atom stereocenters. The predicted octanol–water partition coefficient (Wildman–Crippen LogP) is 1.63. The van der Waals surface area contributed by atoms with Gasteiger partial charge in [0.2, 0.25) is 0 Å². The van der Waals surface area contributed by atoms with Crippen molar-refractivity contribution >= 4 is 12.0 Å². The van der Waals surface area contributed by atoms with E-state index in [0.29, 0.717) is 25.4 Å². The molecular weight excluding hydrogens is 220 g/mol. The van der Waals surface area contributed by atoms with Crippen molar-refractivity contribution < 1.29 is 14.7 Å². The zero-order chi connectivity index (χ0) is 13.2. The summed E-state index contributed by atoms with van der Waals surface area (Å²) in [6, 6.07) is -0.180. The number of likely N-dealkylation sites (tertiary alicyclic amines) is 1. The molecule has 1 rings (SSSR count). The van der Waals surface area contributed by atoms with E-state index >= 15 is 0 Å². The molecule has 0 aromatic rings. The molecule has 0 saturated carbocycles. The molecular formula is C12H22N2O3. The number of rotatable bonds is 3. The van der Waals surface area contributed by atoms with Gasteiger partial charge in [0, 0.05) is 20.1 Å². The molecule has 1 aliphatic heterocycles. The average molecular weight is 242 g/mol. The van der Waals surface area contributed by atoms with Crippen molar-refractivity contribution in [3.05, 3.63) is 0 Å². The van der Waals surface area contributed by atoms with E-state index in [-0.39, 0.29) is 6.03 Å². The third-order valence-electron chi connectivity index (χ3n) is 3.30. The van der Waals surface area contributed by atoms with Gasteiger partial charge in [-0.1, -0.05) is 13.8 Å². The fourth-order valence-electron chi connectivity index (χ4n) is 2.32. The number of nitrogens with zero attached hydrogens (tertiary/aromatic N) is 2. The van der Waals surface area contributed by atoms with Crippen LogP contribution >= 0.6 is 0 Å². The van der Waals surface area contributed by atoms with Gasteiger partial charge in [0.25, 0.3) is 0 Å². The maximum absolute atomic E-state index is 12.2. The number of urea groups is 1. The van der Waals surface area contributed by atoms with Crippen molar-refractivity contribution in [2.75, 3.05) is 20.1 Å². The molecule has 1 heterocycles. The Bertz CT molecular complexity index is 317. The summed E-state index contributed by atoms with van der Waals surface area (Å²) >= 11 is 0. The fourth-order valence-corrected chi connectivity index (χ4v) is 2.32. The number of hydrogen-bond acceptors (Lipinski definition) is 2. The van der Waals surface area contributed by atoms with Gasteiger partial charge >= 0.3 is 12.0 Å². The second-order valence-electron chi connectivity index (χ2n) is 5.39. The van der Waals surface area contributed by atoms with Crippen LogP contribution in [0.1, 0.15) is 33.6 Å². The molecule has 2 amide bonds. The summed E-state index contributed by atoms with van der Waals surface area (Å²) in [7, 11) is 1.73. The van der Waals surface area contributed by atoms with E-state index in [0.717, 1.165) is 6.42 Å². The van der Waals surface area contributed by atoms with Crippen molar-refractivity contribution in [1.29, 1.82) is 0 Å². The topological polar surface area (TPSA) is 60.9 Å². The number of aliphatic carboxylic acids is 1. The smallest absolute Gasteiger partial charge is 0.329 e. The Morgan fingerprint density at radius 2 is 2.06 bits per heavy atom. The van der Waals surface area contributed by atoms with Gasteiger partial charge in [-0.2, -0.15) is 0 Å². The van der Waals surface area contributed by atoms with Crippen LogP contribution in [0.2, 0.25) is 0 Å². The van der Waals surface area contributed by atoms with Gasteiger partial charge in [0.15, 0.2) is 0 Å². The quantitative estimate of drug-likeness (QED) is 0.818. The largest absolute Gasteiger partial charge is 0.480 e. The Morgan fingerprint density at radius 1 is 1.47 bits per heavy atom. The summed E-state index contributed by atoms with van der Waals surface area (Å²) in [5.74, 6) is -0.538. The minimum atomic E-state index is -1.04. The van der Waals surface area contributed by atoms with Crippen LogP contribution in [0, 0.1) is 5.92 Å². The van der Waals surface area contributed by atoms with Crippen molar-refractivity contribution in [1.82, 2.24) is 9.80 Å². The number of amides is 2. The standard InChI is InChI=1S/C12H22N2O3/c1-9(2)8-13(4)11(17)14-7-5-6-12(14,3)10(15)16/h9H,5-8H2,1-4H3,(H,15,16). The second kappa shape index (κ2) is 4.94. The third kappa shape index (κ3) is 2.70. The first-order valence-corrected chi connectivity index (χ1v) is 6.05. The normalized spacial score (nSPS) is 24.2. The fraction of sp³-hybridized carbons (Fsp3) is 0.833. The first-order valence-electron chi connectivity index (χ1n) is 6.05. The molecule has 1 atom stereocenters. The van der Waals surface area contributed by atoms with Gasteiger partial charge in [0.1, 0.15) is 5.54 Å². The van der Waals surface area contributed by atoms with Crippen LogP contribution in [0.25, 0.3) is 0 Å². The number of hydrogen-bond donors (Lipinski definition) is 1. The van der Waals surface area contributed by atoms with Gasteiger partial charge in [0.05, 0.1) is 0 Å². The molecule has 5 nitrogen and oxygen atoms in total. The first kappa shape index (κ1) is 13.8. The summed E-state index contributed by atoms with van der Waals surface area (Å²) in [6.45, 7) is 6.87. The highest BCUT2D eigenvalue weighted by Gasteiger charge is 2.46.